The molecule has 2 aliphatic heterocycles. The van der Waals surface area contributed by atoms with Crippen molar-refractivity contribution in [2.24, 2.45) is 0 Å². The van der Waals surface area contributed by atoms with Gasteiger partial charge in [-0.2, -0.15) is 0 Å². The predicted octanol–water partition coefficient (Wildman–Crippen LogP) is 2.48. The first kappa shape index (κ1) is 20.4. The summed E-state index contributed by atoms with van der Waals surface area (Å²) >= 11 is 0. The van der Waals surface area contributed by atoms with Gasteiger partial charge in [-0.3, -0.25) is 18.8 Å². The number of hydrogen-bond donors (Lipinski definition) is 1. The number of hydrogen-bond acceptors (Lipinski definition) is 5. The van der Waals surface area contributed by atoms with Crippen molar-refractivity contribution in [1.82, 2.24) is 24.0 Å². The largest absolute Gasteiger partial charge is 0.450 e. The van der Waals surface area contributed by atoms with E-state index in [2.05, 4.69) is 9.97 Å². The number of nitrogens with one attached hydrogen (secondary N) is 1. The summed E-state index contributed by atoms with van der Waals surface area (Å²) in [5.74, 6) is 0.612. The fraction of sp³-hybridized carbons (Fsp3) is 0.619. The topological polar surface area (TPSA) is 102 Å². The highest BCUT2D eigenvalue weighted by molar-refractivity contribution is 5.77. The Balaban J connectivity index is 1.78. The monoisotopic (exact) mass is 415 g/mol. The normalized spacial score (nSPS) is 20.6. The van der Waals surface area contributed by atoms with Crippen molar-refractivity contribution in [3.63, 3.8) is 0 Å². The number of fused-ring (bicyclic) bond motifs is 3. The Kier molecular flexibility index (Phi) is 5.53. The van der Waals surface area contributed by atoms with Gasteiger partial charge in [-0.05, 0) is 44.6 Å². The zero-order valence-electron chi connectivity index (χ0n) is 17.8. The number of aromatic amines is 1. The number of H-pyrrole nitrogens is 1. The summed E-state index contributed by atoms with van der Waals surface area (Å²) in [6.07, 6.45) is 5.69. The summed E-state index contributed by atoms with van der Waals surface area (Å²) in [5.41, 5.74) is 1.13. The molecule has 9 heteroatoms. The molecule has 0 radical (unpaired) electrons. The van der Waals surface area contributed by atoms with Crippen molar-refractivity contribution in [2.45, 2.75) is 78.0 Å². The van der Waals surface area contributed by atoms with Gasteiger partial charge in [-0.25, -0.2) is 14.6 Å². The number of aryl methyl sites for hydroxylation is 1. The Morgan fingerprint density at radius 1 is 1.17 bits per heavy atom. The number of carbonyl (C=O) groups is 1. The number of rotatable bonds is 6. The summed E-state index contributed by atoms with van der Waals surface area (Å²) in [4.78, 5) is 47.8. The van der Waals surface area contributed by atoms with Crippen LogP contribution in [0.4, 0.5) is 4.79 Å². The van der Waals surface area contributed by atoms with Gasteiger partial charge in [0.2, 0.25) is 0 Å². The van der Waals surface area contributed by atoms with Gasteiger partial charge in [-0.15, -0.1) is 0 Å². The number of nitrogens with zero attached hydrogens (tertiary/aromatic N) is 4. The van der Waals surface area contributed by atoms with Gasteiger partial charge >= 0.3 is 11.8 Å². The van der Waals surface area contributed by atoms with E-state index in [0.717, 1.165) is 24.8 Å². The first-order valence-electron chi connectivity index (χ1n) is 10.9. The Labute approximate surface area is 174 Å². The van der Waals surface area contributed by atoms with Crippen molar-refractivity contribution in [2.75, 3.05) is 6.61 Å². The highest BCUT2D eigenvalue weighted by atomic mass is 16.6. The van der Waals surface area contributed by atoms with E-state index >= 15 is 0 Å². The minimum absolute atomic E-state index is 0.0272. The van der Waals surface area contributed by atoms with E-state index in [0.29, 0.717) is 49.5 Å². The van der Waals surface area contributed by atoms with Gasteiger partial charge in [0.1, 0.15) is 11.3 Å². The minimum Gasteiger partial charge on any atom is -0.450 e. The molecule has 1 amide bonds. The van der Waals surface area contributed by atoms with Crippen LogP contribution in [0, 0.1) is 0 Å². The molecule has 9 nitrogen and oxygen atoms in total. The van der Waals surface area contributed by atoms with Crippen molar-refractivity contribution in [1.29, 1.82) is 0 Å². The van der Waals surface area contributed by atoms with E-state index in [4.69, 9.17) is 4.74 Å². The van der Waals surface area contributed by atoms with Crippen LogP contribution in [0.2, 0.25) is 0 Å². The first-order valence-corrected chi connectivity index (χ1v) is 10.9. The molecule has 1 fully saturated rings. The zero-order chi connectivity index (χ0) is 21.4. The van der Waals surface area contributed by atoms with Crippen LogP contribution in [-0.4, -0.2) is 48.8 Å². The van der Waals surface area contributed by atoms with E-state index < -0.39 is 0 Å². The standard InChI is InChI=1S/C21H29N5O4/c1-4-9-24-18-16(19(27)25(10-5-2)20(24)28)22-17(23-18)13-11-14-7-8-15(12-13)26(14)21(29)30-6-3/h11,14-15H,4-10,12H2,1-3H3,(H,22,23). The summed E-state index contributed by atoms with van der Waals surface area (Å²) < 4.78 is 8.10. The van der Waals surface area contributed by atoms with Crippen molar-refractivity contribution in [3.8, 4) is 0 Å². The molecule has 30 heavy (non-hydrogen) atoms. The van der Waals surface area contributed by atoms with Crippen molar-refractivity contribution < 1.29 is 9.53 Å². The van der Waals surface area contributed by atoms with Crippen LogP contribution in [0.15, 0.2) is 15.7 Å². The van der Waals surface area contributed by atoms with Crippen LogP contribution >= 0.6 is 0 Å². The Bertz CT molecular complexity index is 1110. The smallest absolute Gasteiger partial charge is 0.410 e. The molecule has 1 saturated heterocycles. The van der Waals surface area contributed by atoms with Crippen LogP contribution in [0.25, 0.3) is 16.7 Å². The molecule has 2 aromatic heterocycles. The molecule has 0 aromatic carbocycles. The fourth-order valence-electron chi connectivity index (χ4n) is 4.65. The average molecular weight is 415 g/mol. The molecule has 4 rings (SSSR count). The molecular weight excluding hydrogens is 386 g/mol. The fourth-order valence-corrected chi connectivity index (χ4v) is 4.65. The molecule has 2 unspecified atom stereocenters. The highest BCUT2D eigenvalue weighted by Gasteiger charge is 2.41. The molecule has 2 bridgehead atoms. The number of ether oxygens (including phenoxy) is 1. The second-order valence-corrected chi connectivity index (χ2v) is 7.98. The number of imidazole rings is 1. The molecule has 2 aromatic rings. The minimum atomic E-state index is -0.324. The van der Waals surface area contributed by atoms with Gasteiger partial charge in [0.25, 0.3) is 5.56 Å². The van der Waals surface area contributed by atoms with Crippen molar-refractivity contribution in [3.05, 3.63) is 32.7 Å². The maximum atomic E-state index is 12.9. The second-order valence-electron chi connectivity index (χ2n) is 7.98. The first-order chi connectivity index (χ1) is 14.5. The molecule has 0 saturated carbocycles. The Morgan fingerprint density at radius 3 is 2.57 bits per heavy atom. The molecular formula is C21H29N5O4. The summed E-state index contributed by atoms with van der Waals surface area (Å²) in [5, 5.41) is 0. The number of aromatic nitrogens is 4. The zero-order valence-corrected chi connectivity index (χ0v) is 17.8. The van der Waals surface area contributed by atoms with E-state index in [-0.39, 0.29) is 29.4 Å². The SMILES string of the molecule is CCCn1c(=O)c2[nH]c(C3=CC4CCC(C3)N4C(=O)OCC)nc2n(CCC)c1=O. The van der Waals surface area contributed by atoms with E-state index in [1.54, 1.807) is 11.5 Å². The van der Waals surface area contributed by atoms with Gasteiger partial charge < -0.3 is 9.72 Å². The van der Waals surface area contributed by atoms with Gasteiger partial charge in [0.05, 0.1) is 12.6 Å². The van der Waals surface area contributed by atoms with Gasteiger partial charge in [0, 0.05) is 19.1 Å². The Hall–Kier alpha value is -2.84. The molecule has 4 heterocycles. The molecule has 162 valence electrons. The average Bonchev–Trinajstić information content (AvgIpc) is 3.28. The molecule has 2 atom stereocenters. The van der Waals surface area contributed by atoms with Gasteiger partial charge in [0.15, 0.2) is 5.65 Å². The third-order valence-electron chi connectivity index (χ3n) is 5.93. The lowest BCUT2D eigenvalue weighted by atomic mass is 10.0. The maximum absolute atomic E-state index is 12.9. The van der Waals surface area contributed by atoms with E-state index in [9.17, 15) is 14.4 Å². The van der Waals surface area contributed by atoms with Crippen LogP contribution in [0.3, 0.4) is 0 Å². The number of carbonyl (C=O) groups excluding carboxylic acids is 1. The van der Waals surface area contributed by atoms with E-state index in [1.807, 2.05) is 24.8 Å². The summed E-state index contributed by atoms with van der Waals surface area (Å²) in [6, 6.07) is 0.0393. The molecule has 2 aliphatic rings. The van der Waals surface area contributed by atoms with Crippen LogP contribution in [0.1, 0.15) is 58.7 Å². The Morgan fingerprint density at radius 2 is 1.90 bits per heavy atom. The van der Waals surface area contributed by atoms with E-state index in [1.165, 1.54) is 4.57 Å². The summed E-state index contributed by atoms with van der Waals surface area (Å²) in [7, 11) is 0. The van der Waals surface area contributed by atoms with Crippen molar-refractivity contribution >= 4 is 22.8 Å². The summed E-state index contributed by atoms with van der Waals surface area (Å²) in [6.45, 7) is 6.98. The molecule has 1 N–H and O–H groups in total. The quantitative estimate of drug-likeness (QED) is 0.781. The number of amides is 1. The highest BCUT2D eigenvalue weighted by Crippen LogP contribution is 2.38. The lowest BCUT2D eigenvalue weighted by Crippen LogP contribution is -2.43. The lowest BCUT2D eigenvalue weighted by molar-refractivity contribution is 0.0932. The molecule has 0 spiro atoms. The lowest BCUT2D eigenvalue weighted by Gasteiger charge is -2.32. The second kappa shape index (κ2) is 8.12. The van der Waals surface area contributed by atoms with Crippen LogP contribution in [0.5, 0.6) is 0 Å². The van der Waals surface area contributed by atoms with Crippen LogP contribution in [-0.2, 0) is 17.8 Å². The third kappa shape index (κ3) is 3.26. The maximum Gasteiger partial charge on any atom is 0.410 e. The predicted molar refractivity (Wildman–Crippen MR) is 113 cm³/mol. The van der Waals surface area contributed by atoms with Gasteiger partial charge in [-0.1, -0.05) is 19.9 Å². The molecule has 0 aliphatic carbocycles. The third-order valence-corrected chi connectivity index (χ3v) is 5.93. The van der Waals surface area contributed by atoms with Crippen LogP contribution < -0.4 is 11.2 Å².